The minimum atomic E-state index is -1.74. The summed E-state index contributed by atoms with van der Waals surface area (Å²) in [5.41, 5.74) is -1.29. The van der Waals surface area contributed by atoms with Crippen LogP contribution in [-0.2, 0) is 4.79 Å². The standard InChI is InChI=1S/C18H25NO6/c1-3-11-25-14-6-5-13(12-15(14)24-4-2)16(20)19-9-7-18(23,8-10-19)17(21)22/h5-6,12,23H,3-4,7-11H2,1-2H3,(H,21,22). The van der Waals surface area contributed by atoms with E-state index in [9.17, 15) is 14.7 Å². The van der Waals surface area contributed by atoms with Gasteiger partial charge in [-0.05, 0) is 31.5 Å². The Morgan fingerprint density at radius 3 is 2.40 bits per heavy atom. The molecule has 0 spiro atoms. The molecule has 1 fully saturated rings. The van der Waals surface area contributed by atoms with Crippen molar-refractivity contribution in [1.82, 2.24) is 4.90 Å². The molecule has 1 aliphatic heterocycles. The summed E-state index contributed by atoms with van der Waals surface area (Å²) in [7, 11) is 0. The van der Waals surface area contributed by atoms with E-state index in [1.165, 1.54) is 0 Å². The van der Waals surface area contributed by atoms with Gasteiger partial charge in [0.25, 0.3) is 5.91 Å². The Kier molecular flexibility index (Phi) is 6.25. The highest BCUT2D eigenvalue weighted by molar-refractivity contribution is 5.95. The van der Waals surface area contributed by atoms with E-state index in [1.54, 1.807) is 23.1 Å². The number of nitrogens with zero attached hydrogens (tertiary/aromatic N) is 1. The van der Waals surface area contributed by atoms with Crippen molar-refractivity contribution < 1.29 is 29.3 Å². The van der Waals surface area contributed by atoms with Crippen LogP contribution in [0.5, 0.6) is 11.5 Å². The number of carbonyl (C=O) groups is 2. The van der Waals surface area contributed by atoms with Crippen molar-refractivity contribution in [2.45, 2.75) is 38.7 Å². The van der Waals surface area contributed by atoms with Gasteiger partial charge in [0, 0.05) is 31.5 Å². The first-order valence-electron chi connectivity index (χ1n) is 8.56. The van der Waals surface area contributed by atoms with Crippen molar-refractivity contribution in [2.75, 3.05) is 26.3 Å². The van der Waals surface area contributed by atoms with Crippen LogP contribution in [0.15, 0.2) is 18.2 Å². The molecule has 2 N–H and O–H groups in total. The molecule has 1 saturated heterocycles. The third-order valence-corrected chi connectivity index (χ3v) is 4.23. The molecule has 0 unspecified atom stereocenters. The summed E-state index contributed by atoms with van der Waals surface area (Å²) in [6.45, 7) is 5.27. The molecule has 1 aliphatic rings. The van der Waals surface area contributed by atoms with Crippen molar-refractivity contribution >= 4 is 11.9 Å². The lowest BCUT2D eigenvalue weighted by Crippen LogP contribution is -2.50. The molecule has 0 radical (unpaired) electrons. The third-order valence-electron chi connectivity index (χ3n) is 4.23. The molecular formula is C18H25NO6. The van der Waals surface area contributed by atoms with Crippen LogP contribution < -0.4 is 9.47 Å². The number of aliphatic carboxylic acids is 1. The van der Waals surface area contributed by atoms with Gasteiger partial charge in [-0.2, -0.15) is 0 Å². The van der Waals surface area contributed by atoms with Crippen molar-refractivity contribution in [3.8, 4) is 11.5 Å². The Morgan fingerprint density at radius 2 is 1.84 bits per heavy atom. The molecule has 0 saturated carbocycles. The Morgan fingerprint density at radius 1 is 1.16 bits per heavy atom. The zero-order valence-electron chi connectivity index (χ0n) is 14.7. The zero-order valence-corrected chi connectivity index (χ0v) is 14.7. The maximum Gasteiger partial charge on any atom is 0.335 e. The molecule has 2 rings (SSSR count). The van der Waals surface area contributed by atoms with Gasteiger partial charge < -0.3 is 24.6 Å². The van der Waals surface area contributed by atoms with Gasteiger partial charge in [0.1, 0.15) is 0 Å². The SMILES string of the molecule is CCCOc1ccc(C(=O)N2CCC(O)(C(=O)O)CC2)cc1OCC. The minimum Gasteiger partial charge on any atom is -0.490 e. The Hall–Kier alpha value is -2.28. The second-order valence-corrected chi connectivity index (χ2v) is 6.07. The summed E-state index contributed by atoms with van der Waals surface area (Å²) < 4.78 is 11.2. The number of carbonyl (C=O) groups excluding carboxylic acids is 1. The van der Waals surface area contributed by atoms with Crippen LogP contribution in [0.1, 0.15) is 43.5 Å². The second-order valence-electron chi connectivity index (χ2n) is 6.07. The molecule has 0 bridgehead atoms. The van der Waals surface area contributed by atoms with Crippen LogP contribution in [0, 0.1) is 0 Å². The minimum absolute atomic E-state index is 0.0179. The van der Waals surface area contributed by atoms with Crippen molar-refractivity contribution in [2.24, 2.45) is 0 Å². The lowest BCUT2D eigenvalue weighted by atomic mass is 9.91. The maximum atomic E-state index is 12.7. The number of carboxylic acids is 1. The number of hydrogen-bond acceptors (Lipinski definition) is 5. The molecular weight excluding hydrogens is 326 g/mol. The first kappa shape index (κ1) is 19.1. The van der Waals surface area contributed by atoms with Crippen molar-refractivity contribution in [1.29, 1.82) is 0 Å². The normalized spacial score (nSPS) is 16.4. The Balaban J connectivity index is 2.11. The molecule has 0 aliphatic carbocycles. The number of rotatable bonds is 7. The van der Waals surface area contributed by atoms with Crippen molar-refractivity contribution in [3.05, 3.63) is 23.8 Å². The highest BCUT2D eigenvalue weighted by Crippen LogP contribution is 2.30. The number of likely N-dealkylation sites (tertiary alicyclic amines) is 1. The summed E-state index contributed by atoms with van der Waals surface area (Å²) >= 11 is 0. The summed E-state index contributed by atoms with van der Waals surface area (Å²) in [6, 6.07) is 5.04. The van der Waals surface area contributed by atoms with E-state index in [-0.39, 0.29) is 31.8 Å². The number of piperidine rings is 1. The van der Waals surface area contributed by atoms with E-state index in [0.29, 0.717) is 30.3 Å². The van der Waals surface area contributed by atoms with Gasteiger partial charge in [0.2, 0.25) is 0 Å². The average Bonchev–Trinajstić information content (AvgIpc) is 2.61. The highest BCUT2D eigenvalue weighted by atomic mass is 16.5. The van der Waals surface area contributed by atoms with Crippen LogP contribution >= 0.6 is 0 Å². The largest absolute Gasteiger partial charge is 0.490 e. The molecule has 1 aromatic carbocycles. The Bertz CT molecular complexity index is 622. The number of ether oxygens (including phenoxy) is 2. The van der Waals surface area contributed by atoms with Crippen LogP contribution in [0.25, 0.3) is 0 Å². The first-order valence-corrected chi connectivity index (χ1v) is 8.56. The number of aliphatic hydroxyl groups is 1. The van der Waals surface area contributed by atoms with Crippen LogP contribution in [0.3, 0.4) is 0 Å². The average molecular weight is 351 g/mol. The van der Waals surface area contributed by atoms with Crippen LogP contribution in [0.4, 0.5) is 0 Å². The van der Waals surface area contributed by atoms with E-state index in [4.69, 9.17) is 14.6 Å². The maximum absolute atomic E-state index is 12.7. The molecule has 1 aromatic rings. The quantitative estimate of drug-likeness (QED) is 0.779. The fourth-order valence-corrected chi connectivity index (χ4v) is 2.72. The monoisotopic (exact) mass is 351 g/mol. The van der Waals surface area contributed by atoms with Gasteiger partial charge in [-0.25, -0.2) is 4.79 Å². The summed E-state index contributed by atoms with van der Waals surface area (Å²) in [5, 5.41) is 19.0. The topological polar surface area (TPSA) is 96.3 Å². The van der Waals surface area contributed by atoms with Crippen LogP contribution in [-0.4, -0.2) is 58.9 Å². The molecule has 1 heterocycles. The van der Waals surface area contributed by atoms with Gasteiger partial charge in [0.15, 0.2) is 17.1 Å². The predicted octanol–water partition coefficient (Wildman–Crippen LogP) is 1.93. The van der Waals surface area contributed by atoms with E-state index < -0.39 is 11.6 Å². The number of benzene rings is 1. The summed E-state index contributed by atoms with van der Waals surface area (Å²) in [4.78, 5) is 25.3. The van der Waals surface area contributed by atoms with Gasteiger partial charge >= 0.3 is 5.97 Å². The van der Waals surface area contributed by atoms with Gasteiger partial charge in [-0.1, -0.05) is 6.92 Å². The lowest BCUT2D eigenvalue weighted by molar-refractivity contribution is -0.162. The second kappa shape index (κ2) is 8.20. The molecule has 0 aromatic heterocycles. The lowest BCUT2D eigenvalue weighted by Gasteiger charge is -2.35. The molecule has 0 atom stereocenters. The first-order chi connectivity index (χ1) is 11.9. The fourth-order valence-electron chi connectivity index (χ4n) is 2.72. The van der Waals surface area contributed by atoms with Crippen LogP contribution in [0.2, 0.25) is 0 Å². The highest BCUT2D eigenvalue weighted by Gasteiger charge is 2.40. The molecule has 7 nitrogen and oxygen atoms in total. The predicted molar refractivity (Wildman–Crippen MR) is 91.1 cm³/mol. The fraction of sp³-hybridized carbons (Fsp3) is 0.556. The van der Waals surface area contributed by atoms with Gasteiger partial charge in [-0.15, -0.1) is 0 Å². The third kappa shape index (κ3) is 4.42. The van der Waals surface area contributed by atoms with Gasteiger partial charge in [-0.3, -0.25) is 4.79 Å². The number of carboxylic acid groups (broad SMARTS) is 1. The van der Waals surface area contributed by atoms with E-state index in [0.717, 1.165) is 6.42 Å². The molecule has 25 heavy (non-hydrogen) atoms. The Labute approximate surface area is 147 Å². The molecule has 7 heteroatoms. The zero-order chi connectivity index (χ0) is 18.4. The number of amides is 1. The number of hydrogen-bond donors (Lipinski definition) is 2. The molecule has 1 amide bonds. The van der Waals surface area contributed by atoms with E-state index in [1.807, 2.05) is 13.8 Å². The van der Waals surface area contributed by atoms with E-state index >= 15 is 0 Å². The van der Waals surface area contributed by atoms with E-state index in [2.05, 4.69) is 0 Å². The molecule has 138 valence electrons. The van der Waals surface area contributed by atoms with Gasteiger partial charge in [0.05, 0.1) is 13.2 Å². The van der Waals surface area contributed by atoms with Crippen molar-refractivity contribution in [3.63, 3.8) is 0 Å². The summed E-state index contributed by atoms with van der Waals surface area (Å²) in [6.07, 6.45) is 0.903. The smallest absolute Gasteiger partial charge is 0.335 e. The summed E-state index contributed by atoms with van der Waals surface area (Å²) in [5.74, 6) is -0.342.